The van der Waals surface area contributed by atoms with Crippen LogP contribution in [0, 0.1) is 6.92 Å². The molecule has 0 aliphatic rings. The van der Waals surface area contributed by atoms with Crippen molar-refractivity contribution < 1.29 is 14.1 Å². The Kier molecular flexibility index (Phi) is 6.60. The molecule has 8 heteroatoms. The lowest BCUT2D eigenvalue weighted by Gasteiger charge is -2.08. The van der Waals surface area contributed by atoms with Crippen LogP contribution in [0.3, 0.4) is 0 Å². The predicted octanol–water partition coefficient (Wildman–Crippen LogP) is 4.26. The van der Waals surface area contributed by atoms with Crippen LogP contribution in [-0.2, 0) is 17.8 Å². The van der Waals surface area contributed by atoms with E-state index in [1.54, 1.807) is 13.3 Å². The van der Waals surface area contributed by atoms with Gasteiger partial charge in [0.05, 0.1) is 7.11 Å². The van der Waals surface area contributed by atoms with Crippen molar-refractivity contribution in [1.82, 2.24) is 19.7 Å². The molecule has 0 radical (unpaired) electrons. The first kappa shape index (κ1) is 21.3. The number of carbonyl (C=O) groups excluding carboxylic acids is 1. The largest absolute Gasteiger partial charge is 0.497 e. The summed E-state index contributed by atoms with van der Waals surface area (Å²) in [6.07, 6.45) is 5.27. The van der Waals surface area contributed by atoms with Crippen molar-refractivity contribution in [2.75, 3.05) is 12.4 Å². The number of anilines is 1. The van der Waals surface area contributed by atoms with Crippen LogP contribution in [-0.4, -0.2) is 32.7 Å². The van der Waals surface area contributed by atoms with Gasteiger partial charge in [-0.1, -0.05) is 17.3 Å². The molecule has 0 atom stereocenters. The summed E-state index contributed by atoms with van der Waals surface area (Å²) >= 11 is 0. The Hall–Kier alpha value is -3.94. The van der Waals surface area contributed by atoms with Crippen LogP contribution in [0.5, 0.6) is 5.75 Å². The number of carbonyl (C=O) groups is 1. The summed E-state index contributed by atoms with van der Waals surface area (Å²) in [6.45, 7) is 2.73. The number of benzene rings is 2. The van der Waals surface area contributed by atoms with E-state index in [9.17, 15) is 4.79 Å². The van der Waals surface area contributed by atoms with E-state index in [1.807, 2.05) is 61.7 Å². The Balaban J connectivity index is 1.23. The van der Waals surface area contributed by atoms with Crippen LogP contribution in [0.15, 0.2) is 65.4 Å². The van der Waals surface area contributed by atoms with Crippen LogP contribution in [0.4, 0.5) is 5.69 Å². The van der Waals surface area contributed by atoms with Gasteiger partial charge in [-0.25, -0.2) is 4.98 Å². The minimum Gasteiger partial charge on any atom is -0.497 e. The molecule has 2 aromatic heterocycles. The van der Waals surface area contributed by atoms with Gasteiger partial charge in [0.15, 0.2) is 0 Å². The summed E-state index contributed by atoms with van der Waals surface area (Å²) in [7, 11) is 1.62. The summed E-state index contributed by atoms with van der Waals surface area (Å²) in [5, 5.41) is 6.95. The average Bonchev–Trinajstić information content (AvgIpc) is 3.44. The van der Waals surface area contributed by atoms with Crippen molar-refractivity contribution in [1.29, 1.82) is 0 Å². The molecule has 1 amide bonds. The van der Waals surface area contributed by atoms with Gasteiger partial charge >= 0.3 is 0 Å². The van der Waals surface area contributed by atoms with E-state index in [-0.39, 0.29) is 5.91 Å². The summed E-state index contributed by atoms with van der Waals surface area (Å²) in [4.78, 5) is 20.9. The molecule has 0 unspecified atom stereocenters. The van der Waals surface area contributed by atoms with Gasteiger partial charge in [-0.3, -0.25) is 4.79 Å². The lowest BCUT2D eigenvalue weighted by molar-refractivity contribution is -0.116. The maximum atomic E-state index is 12.3. The van der Waals surface area contributed by atoms with E-state index in [4.69, 9.17) is 9.26 Å². The minimum atomic E-state index is -0.0434. The van der Waals surface area contributed by atoms with E-state index in [1.165, 1.54) is 0 Å². The van der Waals surface area contributed by atoms with Crippen LogP contribution in [0.2, 0.25) is 0 Å². The Labute approximate surface area is 186 Å². The Morgan fingerprint density at radius 1 is 1.12 bits per heavy atom. The van der Waals surface area contributed by atoms with Crippen molar-refractivity contribution in [3.8, 4) is 17.1 Å². The number of aromatic nitrogens is 4. The fourth-order valence-corrected chi connectivity index (χ4v) is 3.30. The molecule has 2 aromatic carbocycles. The molecule has 4 aromatic rings. The molecule has 0 aliphatic heterocycles. The lowest BCUT2D eigenvalue weighted by Crippen LogP contribution is -2.11. The molecular weight excluding hydrogens is 406 g/mol. The molecule has 0 bridgehead atoms. The van der Waals surface area contributed by atoms with Crippen molar-refractivity contribution >= 4 is 11.6 Å². The van der Waals surface area contributed by atoms with E-state index < -0.39 is 0 Å². The Morgan fingerprint density at radius 3 is 2.59 bits per heavy atom. The van der Waals surface area contributed by atoms with Crippen molar-refractivity contribution in [3.05, 3.63) is 78.2 Å². The van der Waals surface area contributed by atoms with Gasteiger partial charge in [0.2, 0.25) is 17.6 Å². The molecule has 0 saturated heterocycles. The highest BCUT2D eigenvalue weighted by Gasteiger charge is 2.10. The van der Waals surface area contributed by atoms with Crippen LogP contribution < -0.4 is 10.1 Å². The second-order valence-electron chi connectivity index (χ2n) is 7.44. The number of rotatable bonds is 9. The van der Waals surface area contributed by atoms with Gasteiger partial charge in [0, 0.05) is 43.0 Å². The summed E-state index contributed by atoms with van der Waals surface area (Å²) < 4.78 is 12.5. The van der Waals surface area contributed by atoms with E-state index in [0.29, 0.717) is 31.0 Å². The zero-order chi connectivity index (χ0) is 22.3. The van der Waals surface area contributed by atoms with Crippen molar-refractivity contribution in [3.63, 3.8) is 0 Å². The van der Waals surface area contributed by atoms with Gasteiger partial charge in [-0.15, -0.1) is 0 Å². The minimum absolute atomic E-state index is 0.0434. The van der Waals surface area contributed by atoms with Gasteiger partial charge in [-0.05, 0) is 55.3 Å². The molecule has 8 nitrogen and oxygen atoms in total. The number of amides is 1. The number of nitrogens with zero attached hydrogens (tertiary/aromatic N) is 4. The maximum absolute atomic E-state index is 12.3. The molecule has 1 N–H and O–H groups in total. The first-order chi connectivity index (χ1) is 15.6. The third-order valence-corrected chi connectivity index (χ3v) is 5.13. The van der Waals surface area contributed by atoms with E-state index in [2.05, 4.69) is 25.0 Å². The van der Waals surface area contributed by atoms with Gasteiger partial charge < -0.3 is 19.1 Å². The molecule has 32 heavy (non-hydrogen) atoms. The van der Waals surface area contributed by atoms with Gasteiger partial charge in [0.25, 0.3) is 0 Å². The van der Waals surface area contributed by atoms with Crippen LogP contribution in [0.1, 0.15) is 30.1 Å². The summed E-state index contributed by atoms with van der Waals surface area (Å²) in [5.74, 6) is 2.74. The monoisotopic (exact) mass is 431 g/mol. The van der Waals surface area contributed by atoms with Crippen LogP contribution >= 0.6 is 0 Å². The highest BCUT2D eigenvalue weighted by Crippen LogP contribution is 2.20. The fourth-order valence-electron chi connectivity index (χ4n) is 3.30. The third kappa shape index (κ3) is 5.40. The zero-order valence-electron chi connectivity index (χ0n) is 18.1. The average molecular weight is 431 g/mol. The third-order valence-electron chi connectivity index (χ3n) is 5.13. The summed E-state index contributed by atoms with van der Waals surface area (Å²) in [5.41, 5.74) is 2.78. The normalized spacial score (nSPS) is 10.8. The molecule has 164 valence electrons. The van der Waals surface area contributed by atoms with Crippen molar-refractivity contribution in [2.24, 2.45) is 0 Å². The number of hydrogen-bond acceptors (Lipinski definition) is 6. The Bertz CT molecular complexity index is 1160. The molecule has 4 rings (SSSR count). The fraction of sp³-hybridized carbons (Fsp3) is 0.250. The number of imidazole rings is 1. The molecule has 0 fully saturated rings. The van der Waals surface area contributed by atoms with E-state index >= 15 is 0 Å². The number of hydrogen-bond donors (Lipinski definition) is 1. The molecular formula is C24H25N5O3. The molecule has 2 heterocycles. The zero-order valence-corrected chi connectivity index (χ0v) is 18.1. The molecule has 0 saturated carbocycles. The van der Waals surface area contributed by atoms with Crippen LogP contribution in [0.25, 0.3) is 11.4 Å². The number of nitrogens with one attached hydrogen (secondary N) is 1. The Morgan fingerprint density at radius 2 is 1.91 bits per heavy atom. The topological polar surface area (TPSA) is 95.1 Å². The standard InChI is InChI=1S/C24H25N5O3/c1-17-25-14-15-29(17)16-18-6-10-20(11-7-18)26-22(30)4-3-5-23-27-24(28-32-23)19-8-12-21(31-2)13-9-19/h6-15H,3-5,16H2,1-2H3,(H,26,30). The second kappa shape index (κ2) is 9.91. The van der Waals surface area contributed by atoms with Gasteiger partial charge in [-0.2, -0.15) is 4.98 Å². The number of ether oxygens (including phenoxy) is 1. The quantitative estimate of drug-likeness (QED) is 0.425. The molecule has 0 aliphatic carbocycles. The second-order valence-corrected chi connectivity index (χ2v) is 7.44. The highest BCUT2D eigenvalue weighted by molar-refractivity contribution is 5.90. The van der Waals surface area contributed by atoms with Crippen molar-refractivity contribution in [2.45, 2.75) is 32.7 Å². The highest BCUT2D eigenvalue weighted by atomic mass is 16.5. The number of methoxy groups -OCH3 is 1. The first-order valence-corrected chi connectivity index (χ1v) is 10.4. The lowest BCUT2D eigenvalue weighted by atomic mass is 10.2. The smallest absolute Gasteiger partial charge is 0.226 e. The van der Waals surface area contributed by atoms with E-state index in [0.717, 1.165) is 34.9 Å². The maximum Gasteiger partial charge on any atom is 0.226 e. The predicted molar refractivity (Wildman–Crippen MR) is 120 cm³/mol. The summed E-state index contributed by atoms with van der Waals surface area (Å²) in [6, 6.07) is 15.3. The number of aryl methyl sites for hydroxylation is 2. The first-order valence-electron chi connectivity index (χ1n) is 10.4. The molecule has 0 spiro atoms. The SMILES string of the molecule is COc1ccc(-c2noc(CCCC(=O)Nc3ccc(Cn4ccnc4C)cc3)n2)cc1. The van der Waals surface area contributed by atoms with Gasteiger partial charge in [0.1, 0.15) is 11.6 Å².